The molecule has 0 saturated carbocycles. The van der Waals surface area contributed by atoms with Crippen LogP contribution in [0.25, 0.3) is 0 Å². The number of aliphatic hydroxyl groups is 1. The molecule has 0 aliphatic heterocycles. The van der Waals surface area contributed by atoms with Crippen LogP contribution in [0.5, 0.6) is 0 Å². The van der Waals surface area contributed by atoms with Gasteiger partial charge in [0, 0.05) is 13.0 Å². The van der Waals surface area contributed by atoms with Gasteiger partial charge in [-0.1, -0.05) is 56.2 Å². The minimum Gasteiger partial charge on any atom is -0.463 e. The normalized spacial score (nSPS) is 15.0. The van der Waals surface area contributed by atoms with Gasteiger partial charge in [0.1, 0.15) is 12.7 Å². The average molecular weight is 476 g/mol. The fraction of sp³-hybridized carbons (Fsp3) is 0.696. The van der Waals surface area contributed by atoms with Crippen molar-refractivity contribution in [2.24, 2.45) is 5.73 Å². The van der Waals surface area contributed by atoms with Crippen LogP contribution in [-0.4, -0.2) is 48.4 Å². The number of rotatable bonds is 21. The van der Waals surface area contributed by atoms with Gasteiger partial charge in [-0.25, -0.2) is 4.57 Å². The van der Waals surface area contributed by atoms with Gasteiger partial charge in [0.05, 0.1) is 13.2 Å². The zero-order chi connectivity index (χ0) is 23.9. The van der Waals surface area contributed by atoms with E-state index in [1.807, 2.05) is 0 Å². The van der Waals surface area contributed by atoms with Crippen LogP contribution in [0.1, 0.15) is 71.1 Å². The van der Waals surface area contributed by atoms with Crippen molar-refractivity contribution >= 4 is 13.8 Å². The molecule has 32 heavy (non-hydrogen) atoms. The topological polar surface area (TPSA) is 128 Å². The van der Waals surface area contributed by atoms with Crippen LogP contribution in [0.4, 0.5) is 0 Å². The summed E-state index contributed by atoms with van der Waals surface area (Å²) in [5, 5.41) is 9.66. The van der Waals surface area contributed by atoms with E-state index in [0.717, 1.165) is 25.7 Å². The molecule has 0 amide bonds. The maximum atomic E-state index is 11.7. The van der Waals surface area contributed by atoms with Gasteiger partial charge in [-0.3, -0.25) is 13.8 Å². The Morgan fingerprint density at radius 3 is 2.12 bits per heavy atom. The van der Waals surface area contributed by atoms with E-state index in [1.165, 1.54) is 25.7 Å². The molecule has 0 aromatic rings. The highest BCUT2D eigenvalue weighted by Crippen LogP contribution is 2.42. The minimum absolute atomic E-state index is 0.0675. The molecule has 0 heterocycles. The Labute approximate surface area is 193 Å². The number of carbonyl (C=O) groups excluding carboxylic acids is 1. The van der Waals surface area contributed by atoms with Gasteiger partial charge < -0.3 is 20.5 Å². The number of carbonyl (C=O) groups is 1. The van der Waals surface area contributed by atoms with Crippen LogP contribution in [0, 0.1) is 0 Å². The smallest absolute Gasteiger partial charge is 0.463 e. The van der Waals surface area contributed by atoms with Crippen LogP contribution in [0.3, 0.4) is 0 Å². The summed E-state index contributed by atoms with van der Waals surface area (Å²) in [6.45, 7) is 1.35. The molecule has 0 aliphatic carbocycles. The summed E-state index contributed by atoms with van der Waals surface area (Å²) in [5.41, 5.74) is 5.16. The van der Waals surface area contributed by atoms with Crippen molar-refractivity contribution < 1.29 is 33.1 Å². The van der Waals surface area contributed by atoms with Crippen LogP contribution in [0.2, 0.25) is 0 Å². The number of phosphoric acid groups is 1. The van der Waals surface area contributed by atoms with E-state index in [4.69, 9.17) is 10.5 Å². The summed E-state index contributed by atoms with van der Waals surface area (Å²) in [5.74, 6) is -0.426. The first-order valence-corrected chi connectivity index (χ1v) is 13.0. The molecular formula is C23H42NO7P. The molecule has 0 saturated heterocycles. The SMILES string of the molecule is CCCCC/C=C/C/C=C/C/C=C/CCCCC(=O)OC[C@@H](O)COP(=O)(O)OCCN. The van der Waals surface area contributed by atoms with Crippen molar-refractivity contribution in [1.29, 1.82) is 0 Å². The number of hydrogen-bond donors (Lipinski definition) is 3. The first-order valence-electron chi connectivity index (χ1n) is 11.5. The van der Waals surface area contributed by atoms with Gasteiger partial charge in [-0.2, -0.15) is 0 Å². The summed E-state index contributed by atoms with van der Waals surface area (Å²) >= 11 is 0. The monoisotopic (exact) mass is 475 g/mol. The van der Waals surface area contributed by atoms with Gasteiger partial charge in [0.25, 0.3) is 0 Å². The Morgan fingerprint density at radius 1 is 0.938 bits per heavy atom. The maximum absolute atomic E-state index is 11.7. The van der Waals surface area contributed by atoms with Crippen molar-refractivity contribution in [2.75, 3.05) is 26.4 Å². The van der Waals surface area contributed by atoms with Crippen LogP contribution < -0.4 is 5.73 Å². The molecule has 0 aromatic heterocycles. The molecule has 1 unspecified atom stereocenters. The predicted octanol–water partition coefficient (Wildman–Crippen LogP) is 4.57. The Balaban J connectivity index is 3.64. The van der Waals surface area contributed by atoms with Gasteiger partial charge in [-0.05, 0) is 44.9 Å². The quantitative estimate of drug-likeness (QED) is 0.0953. The third-order valence-corrected chi connectivity index (χ3v) is 5.24. The van der Waals surface area contributed by atoms with E-state index in [0.29, 0.717) is 6.42 Å². The molecule has 8 nitrogen and oxygen atoms in total. The van der Waals surface area contributed by atoms with Gasteiger partial charge in [0.15, 0.2) is 0 Å². The number of nitrogens with two attached hydrogens (primary N) is 1. The van der Waals surface area contributed by atoms with Gasteiger partial charge >= 0.3 is 13.8 Å². The molecular weight excluding hydrogens is 433 g/mol. The molecule has 0 bridgehead atoms. The van der Waals surface area contributed by atoms with Crippen molar-refractivity contribution in [3.63, 3.8) is 0 Å². The lowest BCUT2D eigenvalue weighted by Crippen LogP contribution is -2.23. The third-order valence-electron chi connectivity index (χ3n) is 4.26. The zero-order valence-corrected chi connectivity index (χ0v) is 20.3. The van der Waals surface area contributed by atoms with E-state index in [-0.39, 0.29) is 26.2 Å². The molecule has 9 heteroatoms. The van der Waals surface area contributed by atoms with Crippen molar-refractivity contribution in [3.8, 4) is 0 Å². The maximum Gasteiger partial charge on any atom is 0.472 e. The Morgan fingerprint density at radius 2 is 1.53 bits per heavy atom. The lowest BCUT2D eigenvalue weighted by atomic mass is 10.1. The number of allylic oxidation sites excluding steroid dienone is 6. The standard InChI is InChI=1S/C23H42NO7P/c1-2-3-4-5-6-7-8-9-10-11-12-13-14-15-16-17-23(26)29-20-22(25)21-31-32(27,28)30-19-18-24/h6-7,9-10,12-13,22,25H,2-5,8,11,14-21,24H2,1H3,(H,27,28)/b7-6+,10-9+,13-12+/t22-/m1/s1. The first kappa shape index (κ1) is 30.7. The molecule has 4 N–H and O–H groups in total. The Kier molecular flexibility index (Phi) is 20.7. The van der Waals surface area contributed by atoms with Crippen LogP contribution in [0.15, 0.2) is 36.5 Å². The summed E-state index contributed by atoms with van der Waals surface area (Å²) in [7, 11) is -4.25. The second kappa shape index (κ2) is 21.6. The Hall–Kier alpha value is -1.28. The molecule has 2 atom stereocenters. The fourth-order valence-electron chi connectivity index (χ4n) is 2.52. The molecule has 0 aliphatic rings. The minimum atomic E-state index is -4.25. The number of aliphatic hydroxyl groups excluding tert-OH is 1. The molecule has 0 fully saturated rings. The number of hydrogen-bond acceptors (Lipinski definition) is 7. The fourth-order valence-corrected chi connectivity index (χ4v) is 3.29. The van der Waals surface area contributed by atoms with Crippen molar-refractivity contribution in [2.45, 2.75) is 77.2 Å². The number of phosphoric ester groups is 1. The number of esters is 1. The second-order valence-electron chi connectivity index (χ2n) is 7.35. The van der Waals surface area contributed by atoms with Crippen molar-refractivity contribution in [1.82, 2.24) is 0 Å². The average Bonchev–Trinajstić information content (AvgIpc) is 2.77. The highest BCUT2D eigenvalue weighted by molar-refractivity contribution is 7.47. The highest BCUT2D eigenvalue weighted by atomic mass is 31.2. The van der Waals surface area contributed by atoms with E-state index in [1.54, 1.807) is 0 Å². The van der Waals surface area contributed by atoms with E-state index >= 15 is 0 Å². The molecule has 186 valence electrons. The molecule has 0 aromatic carbocycles. The van der Waals surface area contributed by atoms with Crippen molar-refractivity contribution in [3.05, 3.63) is 36.5 Å². The van der Waals surface area contributed by atoms with Crippen LogP contribution >= 0.6 is 7.82 Å². The molecule has 0 spiro atoms. The van der Waals surface area contributed by atoms with E-state index in [9.17, 15) is 19.4 Å². The molecule has 0 rings (SSSR count). The summed E-state index contributed by atoms with van der Waals surface area (Å²) in [4.78, 5) is 21.0. The summed E-state index contributed by atoms with van der Waals surface area (Å²) < 4.78 is 25.5. The lowest BCUT2D eigenvalue weighted by Gasteiger charge is -2.15. The number of ether oxygens (including phenoxy) is 1. The zero-order valence-electron chi connectivity index (χ0n) is 19.4. The largest absolute Gasteiger partial charge is 0.472 e. The van der Waals surface area contributed by atoms with Crippen LogP contribution in [-0.2, 0) is 23.1 Å². The summed E-state index contributed by atoms with van der Waals surface area (Å²) in [6, 6.07) is 0. The van der Waals surface area contributed by atoms with Gasteiger partial charge in [-0.15, -0.1) is 0 Å². The Bertz CT molecular complexity index is 593. The summed E-state index contributed by atoms with van der Waals surface area (Å²) in [6.07, 6.45) is 21.4. The predicted molar refractivity (Wildman–Crippen MR) is 127 cm³/mol. The number of unbranched alkanes of at least 4 members (excludes halogenated alkanes) is 5. The van der Waals surface area contributed by atoms with Gasteiger partial charge in [0.2, 0.25) is 0 Å². The second-order valence-corrected chi connectivity index (χ2v) is 8.80. The van der Waals surface area contributed by atoms with E-state index < -0.39 is 26.5 Å². The third kappa shape index (κ3) is 21.9. The molecule has 0 radical (unpaired) electrons. The first-order chi connectivity index (χ1) is 15.4. The lowest BCUT2D eigenvalue weighted by molar-refractivity contribution is -0.147. The highest BCUT2D eigenvalue weighted by Gasteiger charge is 2.22. The van der Waals surface area contributed by atoms with E-state index in [2.05, 4.69) is 52.4 Å².